The monoisotopic (exact) mass is 386 g/mol. The Hall–Kier alpha value is -1.20. The summed E-state index contributed by atoms with van der Waals surface area (Å²) >= 11 is 3.34. The summed E-state index contributed by atoms with van der Waals surface area (Å²) in [7, 11) is 0. The molecule has 0 aromatic carbocycles. The minimum atomic E-state index is 0.160. The smallest absolute Gasteiger partial charge is 0.229 e. The van der Waals surface area contributed by atoms with Crippen LogP contribution in [0.15, 0.2) is 22.2 Å². The summed E-state index contributed by atoms with van der Waals surface area (Å²) in [5, 5.41) is 7.30. The summed E-state index contributed by atoms with van der Waals surface area (Å²) in [4.78, 5) is 20.2. The maximum absolute atomic E-state index is 13.2. The Bertz CT molecular complexity index is 760. The van der Waals surface area contributed by atoms with Crippen molar-refractivity contribution in [3.05, 3.63) is 27.9 Å². The van der Waals surface area contributed by atoms with E-state index in [2.05, 4.69) is 34.0 Å². The largest absolute Gasteiger partial charge is 0.337 e. The second kappa shape index (κ2) is 6.45. The molecular weight excluding hydrogens is 360 g/mol. The van der Waals surface area contributed by atoms with E-state index in [4.69, 9.17) is 4.98 Å². The number of aromatic nitrogens is 1. The van der Waals surface area contributed by atoms with E-state index in [-0.39, 0.29) is 11.4 Å². The Morgan fingerprint density at radius 2 is 1.88 bits per heavy atom. The molecule has 4 aliphatic rings. The molecule has 0 saturated heterocycles. The van der Waals surface area contributed by atoms with Crippen molar-refractivity contribution >= 4 is 28.6 Å². The third kappa shape index (κ3) is 2.84. The second-order valence-corrected chi connectivity index (χ2v) is 10.3. The van der Waals surface area contributed by atoms with E-state index >= 15 is 0 Å². The highest BCUT2D eigenvalue weighted by Crippen LogP contribution is 2.57. The first-order valence-corrected chi connectivity index (χ1v) is 11.7. The number of hydrogen-bond donors (Lipinski definition) is 0. The molecule has 0 unspecified atom stereocenters. The summed E-state index contributed by atoms with van der Waals surface area (Å²) in [5.74, 6) is 2.89. The van der Waals surface area contributed by atoms with Crippen LogP contribution in [0.4, 0.5) is 0 Å². The highest BCUT2D eigenvalue weighted by atomic mass is 32.1. The zero-order valence-corrected chi connectivity index (χ0v) is 17.0. The van der Waals surface area contributed by atoms with Gasteiger partial charge < -0.3 is 4.90 Å². The summed E-state index contributed by atoms with van der Waals surface area (Å²) in [5.41, 5.74) is 2.27. The quantitative estimate of drug-likeness (QED) is 0.705. The molecule has 4 saturated carbocycles. The molecular formula is C21H26N2OS2. The molecule has 138 valence electrons. The zero-order chi connectivity index (χ0) is 17.7. The van der Waals surface area contributed by atoms with Gasteiger partial charge in [0.05, 0.1) is 12.1 Å². The van der Waals surface area contributed by atoms with Crippen LogP contribution in [0.3, 0.4) is 0 Å². The molecule has 0 N–H and O–H groups in total. The molecule has 0 spiro atoms. The molecule has 4 fully saturated rings. The average Bonchev–Trinajstić information content (AvgIpc) is 3.25. The van der Waals surface area contributed by atoms with Gasteiger partial charge in [-0.25, -0.2) is 4.98 Å². The highest BCUT2D eigenvalue weighted by Gasteiger charge is 2.54. The average molecular weight is 387 g/mol. The van der Waals surface area contributed by atoms with E-state index in [1.54, 1.807) is 22.7 Å². The Labute approximate surface area is 163 Å². The highest BCUT2D eigenvalue weighted by molar-refractivity contribution is 7.14. The van der Waals surface area contributed by atoms with E-state index in [0.29, 0.717) is 6.42 Å². The molecule has 26 heavy (non-hydrogen) atoms. The number of thiophene rings is 1. The lowest BCUT2D eigenvalue weighted by molar-refractivity contribution is -0.149. The number of carbonyl (C=O) groups is 1. The topological polar surface area (TPSA) is 33.2 Å². The molecule has 3 nitrogen and oxygen atoms in total. The molecule has 0 radical (unpaired) electrons. The molecule has 2 aromatic heterocycles. The molecule has 0 aliphatic heterocycles. The Morgan fingerprint density at radius 1 is 1.19 bits per heavy atom. The number of amides is 1. The van der Waals surface area contributed by atoms with Gasteiger partial charge in [-0.05, 0) is 74.6 Å². The number of rotatable bonds is 5. The van der Waals surface area contributed by atoms with Crippen LogP contribution in [0.25, 0.3) is 10.6 Å². The van der Waals surface area contributed by atoms with Crippen molar-refractivity contribution in [1.82, 2.24) is 9.88 Å². The second-order valence-electron chi connectivity index (χ2n) is 8.61. The molecule has 4 bridgehead atoms. The van der Waals surface area contributed by atoms with Crippen LogP contribution in [0.1, 0.15) is 51.1 Å². The van der Waals surface area contributed by atoms with Crippen molar-refractivity contribution in [3.63, 3.8) is 0 Å². The van der Waals surface area contributed by atoms with E-state index in [9.17, 15) is 4.79 Å². The van der Waals surface area contributed by atoms with Crippen LogP contribution >= 0.6 is 22.7 Å². The molecule has 1 amide bonds. The van der Waals surface area contributed by atoms with Gasteiger partial charge in [-0.2, -0.15) is 11.3 Å². The predicted molar refractivity (Wildman–Crippen MR) is 107 cm³/mol. The van der Waals surface area contributed by atoms with Gasteiger partial charge in [0.25, 0.3) is 0 Å². The number of nitrogens with zero attached hydrogens (tertiary/aromatic N) is 2. The maximum Gasteiger partial charge on any atom is 0.229 e. The van der Waals surface area contributed by atoms with Gasteiger partial charge in [-0.1, -0.05) is 0 Å². The van der Waals surface area contributed by atoms with Gasteiger partial charge in [0, 0.05) is 28.4 Å². The van der Waals surface area contributed by atoms with E-state index in [0.717, 1.165) is 35.0 Å². The van der Waals surface area contributed by atoms with Crippen LogP contribution < -0.4 is 0 Å². The lowest BCUT2D eigenvalue weighted by atomic mass is 9.52. The maximum atomic E-state index is 13.2. The standard InChI is InChI=1S/C21H26N2OS2/c1-2-23(21-9-14-5-15(10-21)7-16(6-14)11-21)19(24)8-18-13-26-20(22-18)17-3-4-25-12-17/h3-4,12-16H,2,5-11H2,1H3. The van der Waals surface area contributed by atoms with Gasteiger partial charge in [0.2, 0.25) is 5.91 Å². The zero-order valence-electron chi connectivity index (χ0n) is 15.3. The van der Waals surface area contributed by atoms with Crippen LogP contribution in [-0.4, -0.2) is 27.9 Å². The first-order valence-electron chi connectivity index (χ1n) is 9.92. The fraction of sp³-hybridized carbons (Fsp3) is 0.619. The van der Waals surface area contributed by atoms with Gasteiger partial charge in [0.15, 0.2) is 0 Å². The minimum absolute atomic E-state index is 0.160. The summed E-state index contributed by atoms with van der Waals surface area (Å²) in [6, 6.07) is 2.10. The first-order chi connectivity index (χ1) is 12.6. The molecule has 2 heterocycles. The van der Waals surface area contributed by atoms with Gasteiger partial charge in [-0.3, -0.25) is 4.79 Å². The van der Waals surface area contributed by atoms with Crippen molar-refractivity contribution in [2.24, 2.45) is 17.8 Å². The normalized spacial score (nSPS) is 32.1. The third-order valence-corrected chi connectivity index (χ3v) is 8.47. The fourth-order valence-electron chi connectivity index (χ4n) is 6.33. The van der Waals surface area contributed by atoms with Gasteiger partial charge in [0.1, 0.15) is 5.01 Å². The van der Waals surface area contributed by atoms with Crippen molar-refractivity contribution in [1.29, 1.82) is 0 Å². The van der Waals surface area contributed by atoms with Gasteiger partial charge in [-0.15, -0.1) is 11.3 Å². The van der Waals surface area contributed by atoms with Crippen molar-refractivity contribution in [2.75, 3.05) is 6.54 Å². The molecule has 0 atom stereocenters. The van der Waals surface area contributed by atoms with E-state index in [1.165, 1.54) is 44.1 Å². The number of hydrogen-bond acceptors (Lipinski definition) is 4. The summed E-state index contributed by atoms with van der Waals surface area (Å²) in [6.45, 7) is 3.00. The Morgan fingerprint density at radius 3 is 2.46 bits per heavy atom. The Balaban J connectivity index is 1.34. The summed E-state index contributed by atoms with van der Waals surface area (Å²) in [6.07, 6.45) is 8.45. The minimum Gasteiger partial charge on any atom is -0.337 e. The number of thiazole rings is 1. The third-order valence-electron chi connectivity index (χ3n) is 6.85. The van der Waals surface area contributed by atoms with Crippen LogP contribution in [0.2, 0.25) is 0 Å². The molecule has 6 rings (SSSR count). The molecule has 4 aliphatic carbocycles. The van der Waals surface area contributed by atoms with Crippen molar-refractivity contribution in [3.8, 4) is 10.6 Å². The molecule has 2 aromatic rings. The van der Waals surface area contributed by atoms with Crippen LogP contribution in [0.5, 0.6) is 0 Å². The first kappa shape index (κ1) is 16.9. The van der Waals surface area contributed by atoms with Crippen LogP contribution in [-0.2, 0) is 11.2 Å². The Kier molecular flexibility index (Phi) is 4.20. The SMILES string of the molecule is CCN(C(=O)Cc1csc(-c2ccsc2)n1)C12CC3CC(CC(C3)C1)C2. The van der Waals surface area contributed by atoms with E-state index in [1.807, 2.05) is 0 Å². The summed E-state index contributed by atoms with van der Waals surface area (Å²) < 4.78 is 0. The number of carbonyl (C=O) groups excluding carboxylic acids is 1. The lowest BCUT2D eigenvalue weighted by Gasteiger charge is -2.60. The fourth-order valence-corrected chi connectivity index (χ4v) is 7.86. The lowest BCUT2D eigenvalue weighted by Crippen LogP contribution is -2.61. The van der Waals surface area contributed by atoms with Crippen molar-refractivity contribution in [2.45, 2.75) is 57.4 Å². The van der Waals surface area contributed by atoms with Gasteiger partial charge >= 0.3 is 0 Å². The predicted octanol–water partition coefficient (Wildman–Crippen LogP) is 5.23. The number of likely N-dealkylation sites (N-methyl/N-ethyl adjacent to an activating group) is 1. The molecule has 5 heteroatoms. The van der Waals surface area contributed by atoms with E-state index < -0.39 is 0 Å². The van der Waals surface area contributed by atoms with Crippen LogP contribution in [0, 0.1) is 17.8 Å². The van der Waals surface area contributed by atoms with Crippen molar-refractivity contribution < 1.29 is 4.79 Å².